The van der Waals surface area contributed by atoms with Crippen molar-refractivity contribution in [1.29, 1.82) is 0 Å². The number of unbranched alkanes of at least 4 members (excludes halogenated alkanes) is 4. The van der Waals surface area contributed by atoms with Crippen molar-refractivity contribution in [3.63, 3.8) is 0 Å². The third kappa shape index (κ3) is 5.86. The van der Waals surface area contributed by atoms with E-state index >= 15 is 0 Å². The zero-order valence-corrected chi connectivity index (χ0v) is 11.1. The molecule has 2 unspecified atom stereocenters. The van der Waals surface area contributed by atoms with Crippen molar-refractivity contribution in [2.24, 2.45) is 5.92 Å². The van der Waals surface area contributed by atoms with E-state index in [1.165, 1.54) is 51.4 Å². The Labute approximate surface area is 101 Å². The summed E-state index contributed by atoms with van der Waals surface area (Å²) in [7, 11) is 2.10. The number of nitrogens with one attached hydrogen (secondary N) is 1. The van der Waals surface area contributed by atoms with E-state index in [1.54, 1.807) is 0 Å². The molecular formula is C14H29NO. The van der Waals surface area contributed by atoms with Crippen molar-refractivity contribution >= 4 is 0 Å². The van der Waals surface area contributed by atoms with Crippen molar-refractivity contribution in [3.05, 3.63) is 0 Å². The third-order valence-corrected chi connectivity index (χ3v) is 3.71. The molecule has 2 atom stereocenters. The van der Waals surface area contributed by atoms with Crippen molar-refractivity contribution < 1.29 is 4.74 Å². The van der Waals surface area contributed by atoms with E-state index < -0.39 is 0 Å². The van der Waals surface area contributed by atoms with Crippen molar-refractivity contribution in [3.8, 4) is 0 Å². The Bertz CT molecular complexity index is 155. The molecule has 1 aliphatic heterocycles. The highest BCUT2D eigenvalue weighted by atomic mass is 16.5. The Kier molecular flexibility index (Phi) is 7.87. The number of ether oxygens (including phenoxy) is 1. The lowest BCUT2D eigenvalue weighted by Crippen LogP contribution is -2.28. The average molecular weight is 227 g/mol. The predicted molar refractivity (Wildman–Crippen MR) is 69.8 cm³/mol. The van der Waals surface area contributed by atoms with Gasteiger partial charge in [0.15, 0.2) is 0 Å². The summed E-state index contributed by atoms with van der Waals surface area (Å²) in [6, 6.07) is 0.716. The first-order valence-corrected chi connectivity index (χ1v) is 7.11. The smallest absolute Gasteiger partial charge is 0.0495 e. The van der Waals surface area contributed by atoms with Gasteiger partial charge in [-0.2, -0.15) is 0 Å². The molecule has 1 aliphatic rings. The molecule has 0 aromatic heterocycles. The van der Waals surface area contributed by atoms with Crippen LogP contribution >= 0.6 is 0 Å². The summed E-state index contributed by atoms with van der Waals surface area (Å²) in [6.45, 7) is 4.25. The molecular weight excluding hydrogens is 198 g/mol. The molecule has 0 aromatic carbocycles. The van der Waals surface area contributed by atoms with Gasteiger partial charge >= 0.3 is 0 Å². The van der Waals surface area contributed by atoms with Crippen LogP contribution in [0.15, 0.2) is 0 Å². The van der Waals surface area contributed by atoms with Crippen LogP contribution in [-0.2, 0) is 4.74 Å². The van der Waals surface area contributed by atoms with Crippen LogP contribution in [0.5, 0.6) is 0 Å². The van der Waals surface area contributed by atoms with E-state index in [4.69, 9.17) is 4.74 Å². The lowest BCUT2D eigenvalue weighted by molar-refractivity contribution is 0.181. The van der Waals surface area contributed by atoms with E-state index in [0.717, 1.165) is 19.1 Å². The average Bonchev–Trinajstić information content (AvgIpc) is 2.80. The number of rotatable bonds is 9. The fourth-order valence-corrected chi connectivity index (χ4v) is 2.55. The molecule has 0 spiro atoms. The number of hydrogen-bond acceptors (Lipinski definition) is 2. The first kappa shape index (κ1) is 14.0. The second-order valence-corrected chi connectivity index (χ2v) is 5.15. The van der Waals surface area contributed by atoms with Crippen molar-refractivity contribution in [2.75, 3.05) is 20.3 Å². The standard InChI is InChI=1S/C14H29NO/c1-3-4-5-6-7-8-14(15-2)11-13-9-10-16-12-13/h13-15H,3-12H2,1-2H3. The Morgan fingerprint density at radius 2 is 2.06 bits per heavy atom. The van der Waals surface area contributed by atoms with Crippen LogP contribution in [0.2, 0.25) is 0 Å². The van der Waals surface area contributed by atoms with Gasteiger partial charge in [-0.05, 0) is 32.2 Å². The molecule has 1 saturated heterocycles. The lowest BCUT2D eigenvalue weighted by atomic mass is 9.95. The van der Waals surface area contributed by atoms with Gasteiger partial charge in [-0.15, -0.1) is 0 Å². The Morgan fingerprint density at radius 1 is 1.25 bits per heavy atom. The van der Waals surface area contributed by atoms with Gasteiger partial charge in [0.05, 0.1) is 0 Å². The minimum atomic E-state index is 0.716. The third-order valence-electron chi connectivity index (χ3n) is 3.71. The van der Waals surface area contributed by atoms with Crippen LogP contribution in [0.25, 0.3) is 0 Å². The number of hydrogen-bond donors (Lipinski definition) is 1. The second-order valence-electron chi connectivity index (χ2n) is 5.15. The zero-order valence-electron chi connectivity index (χ0n) is 11.1. The maximum atomic E-state index is 5.43. The van der Waals surface area contributed by atoms with Crippen molar-refractivity contribution in [2.45, 2.75) is 64.3 Å². The summed E-state index contributed by atoms with van der Waals surface area (Å²) in [6.07, 6.45) is 10.9. The molecule has 16 heavy (non-hydrogen) atoms. The summed E-state index contributed by atoms with van der Waals surface area (Å²) in [4.78, 5) is 0. The van der Waals surface area contributed by atoms with Gasteiger partial charge in [-0.1, -0.05) is 39.0 Å². The Morgan fingerprint density at radius 3 is 2.69 bits per heavy atom. The summed E-state index contributed by atoms with van der Waals surface area (Å²) in [5.74, 6) is 0.813. The van der Waals surface area contributed by atoms with E-state index in [0.29, 0.717) is 6.04 Å². The van der Waals surface area contributed by atoms with Crippen LogP contribution in [0.3, 0.4) is 0 Å². The second kappa shape index (κ2) is 9.00. The van der Waals surface area contributed by atoms with Crippen LogP contribution in [0.1, 0.15) is 58.3 Å². The molecule has 1 N–H and O–H groups in total. The fourth-order valence-electron chi connectivity index (χ4n) is 2.55. The Balaban J connectivity index is 2.01. The van der Waals surface area contributed by atoms with E-state index in [2.05, 4.69) is 19.3 Å². The first-order valence-electron chi connectivity index (χ1n) is 7.11. The largest absolute Gasteiger partial charge is 0.381 e. The molecule has 0 aliphatic carbocycles. The molecule has 0 radical (unpaired) electrons. The lowest BCUT2D eigenvalue weighted by Gasteiger charge is -2.19. The highest BCUT2D eigenvalue weighted by molar-refractivity contribution is 4.73. The summed E-state index contributed by atoms with van der Waals surface area (Å²) < 4.78 is 5.43. The minimum Gasteiger partial charge on any atom is -0.381 e. The van der Waals surface area contributed by atoms with Crippen LogP contribution in [0.4, 0.5) is 0 Å². The van der Waals surface area contributed by atoms with Crippen LogP contribution in [0, 0.1) is 5.92 Å². The zero-order chi connectivity index (χ0) is 11.6. The van der Waals surface area contributed by atoms with Gasteiger partial charge in [0.1, 0.15) is 0 Å². The topological polar surface area (TPSA) is 21.3 Å². The predicted octanol–water partition coefficient (Wildman–Crippen LogP) is 3.36. The summed E-state index contributed by atoms with van der Waals surface area (Å²) >= 11 is 0. The molecule has 1 rings (SSSR count). The first-order chi connectivity index (χ1) is 7.86. The molecule has 0 saturated carbocycles. The SMILES string of the molecule is CCCCCCCC(CC1CCOC1)NC. The summed E-state index contributed by atoms with van der Waals surface area (Å²) in [5.41, 5.74) is 0. The molecule has 0 amide bonds. The quantitative estimate of drug-likeness (QED) is 0.610. The molecule has 2 heteroatoms. The minimum absolute atomic E-state index is 0.716. The van der Waals surface area contributed by atoms with Gasteiger partial charge in [0.2, 0.25) is 0 Å². The summed E-state index contributed by atoms with van der Waals surface area (Å²) in [5, 5.41) is 3.46. The molecule has 2 nitrogen and oxygen atoms in total. The van der Waals surface area contributed by atoms with Gasteiger partial charge in [-0.3, -0.25) is 0 Å². The maximum Gasteiger partial charge on any atom is 0.0495 e. The van der Waals surface area contributed by atoms with Crippen molar-refractivity contribution in [1.82, 2.24) is 5.32 Å². The molecule has 1 fully saturated rings. The Hall–Kier alpha value is -0.0800. The monoisotopic (exact) mass is 227 g/mol. The van der Waals surface area contributed by atoms with Gasteiger partial charge in [0, 0.05) is 19.3 Å². The molecule has 1 heterocycles. The van der Waals surface area contributed by atoms with E-state index in [9.17, 15) is 0 Å². The van der Waals surface area contributed by atoms with E-state index in [-0.39, 0.29) is 0 Å². The molecule has 0 aromatic rings. The van der Waals surface area contributed by atoms with Gasteiger partial charge in [0.25, 0.3) is 0 Å². The van der Waals surface area contributed by atoms with Crippen LogP contribution in [-0.4, -0.2) is 26.3 Å². The maximum absolute atomic E-state index is 5.43. The fraction of sp³-hybridized carbons (Fsp3) is 1.00. The molecule has 0 bridgehead atoms. The van der Waals surface area contributed by atoms with Gasteiger partial charge < -0.3 is 10.1 Å². The van der Waals surface area contributed by atoms with E-state index in [1.807, 2.05) is 0 Å². The highest BCUT2D eigenvalue weighted by Gasteiger charge is 2.19. The molecule has 96 valence electrons. The van der Waals surface area contributed by atoms with Crippen LogP contribution < -0.4 is 5.32 Å². The highest BCUT2D eigenvalue weighted by Crippen LogP contribution is 2.20. The normalized spacial score (nSPS) is 22.5. The van der Waals surface area contributed by atoms with Gasteiger partial charge in [-0.25, -0.2) is 0 Å².